The van der Waals surface area contributed by atoms with Gasteiger partial charge in [0.2, 0.25) is 0 Å². The molecule has 3 nitrogen and oxygen atoms in total. The highest BCUT2D eigenvalue weighted by Crippen LogP contribution is 2.27. The van der Waals surface area contributed by atoms with Crippen molar-refractivity contribution in [3.8, 4) is 0 Å². The van der Waals surface area contributed by atoms with E-state index in [1.165, 1.54) is 19.3 Å². The van der Waals surface area contributed by atoms with Crippen molar-refractivity contribution in [2.24, 2.45) is 5.92 Å². The van der Waals surface area contributed by atoms with Gasteiger partial charge in [0, 0.05) is 6.04 Å². The van der Waals surface area contributed by atoms with Gasteiger partial charge in [-0.1, -0.05) is 39.5 Å². The fraction of sp³-hybridized carbons (Fsp3) is 0.800. The predicted octanol–water partition coefficient (Wildman–Crippen LogP) is 4.10. The molecule has 1 aromatic heterocycles. The molecule has 2 unspecified atom stereocenters. The Kier molecular flexibility index (Phi) is 6.41. The number of rotatable bonds is 8. The van der Waals surface area contributed by atoms with Crippen LogP contribution in [0, 0.1) is 5.92 Å². The van der Waals surface area contributed by atoms with Crippen LogP contribution in [0.15, 0.2) is 12.5 Å². The summed E-state index contributed by atoms with van der Waals surface area (Å²) in [4.78, 5) is 4.16. The molecule has 0 spiro atoms. The van der Waals surface area contributed by atoms with Crippen LogP contribution in [0.5, 0.6) is 0 Å². The van der Waals surface area contributed by atoms with Crippen molar-refractivity contribution in [1.29, 1.82) is 0 Å². The van der Waals surface area contributed by atoms with Crippen LogP contribution in [0.25, 0.3) is 0 Å². The number of aliphatic hydroxyl groups is 1. The highest BCUT2D eigenvalue weighted by molar-refractivity contribution is 5.04. The first kappa shape index (κ1) is 15.2. The molecule has 0 fully saturated rings. The molecule has 104 valence electrons. The van der Waals surface area contributed by atoms with Gasteiger partial charge in [-0.2, -0.15) is 0 Å². The molecule has 0 aliphatic carbocycles. The molecule has 2 atom stereocenters. The van der Waals surface area contributed by atoms with Crippen LogP contribution >= 0.6 is 0 Å². The smallest absolute Gasteiger partial charge is 0.0958 e. The summed E-state index contributed by atoms with van der Waals surface area (Å²) in [6, 6.07) is 0.355. The van der Waals surface area contributed by atoms with Crippen LogP contribution in [0.4, 0.5) is 0 Å². The topological polar surface area (TPSA) is 38.1 Å². The molecule has 0 radical (unpaired) electrons. The Balaban J connectivity index is 2.62. The van der Waals surface area contributed by atoms with Gasteiger partial charge in [0.25, 0.3) is 0 Å². The molecule has 1 rings (SSSR count). The molecule has 0 saturated carbocycles. The third-order valence-electron chi connectivity index (χ3n) is 3.69. The van der Waals surface area contributed by atoms with E-state index in [2.05, 4.69) is 37.2 Å². The lowest BCUT2D eigenvalue weighted by atomic mass is 9.92. The maximum absolute atomic E-state index is 10.4. The van der Waals surface area contributed by atoms with Crippen molar-refractivity contribution < 1.29 is 5.11 Å². The number of hydrogen-bond donors (Lipinski definition) is 1. The van der Waals surface area contributed by atoms with Gasteiger partial charge in [0.1, 0.15) is 0 Å². The molecule has 1 aromatic rings. The zero-order chi connectivity index (χ0) is 13.5. The summed E-state index contributed by atoms with van der Waals surface area (Å²) >= 11 is 0. The summed E-state index contributed by atoms with van der Waals surface area (Å²) in [5.41, 5.74) is 0.958. The number of nitrogens with zero attached hydrogens (tertiary/aromatic N) is 2. The summed E-state index contributed by atoms with van der Waals surface area (Å²) in [6.07, 6.45) is 8.96. The molecule has 0 bridgehead atoms. The Morgan fingerprint density at radius 2 is 2.06 bits per heavy atom. The number of aromatic nitrogens is 2. The standard InChI is InChI=1S/C15H28N2O/c1-5-7-8-13(6-2)9-15(18)14-10-16-11-17(14)12(3)4/h10-13,15,18H,5-9H2,1-4H3. The van der Waals surface area contributed by atoms with E-state index in [-0.39, 0.29) is 6.10 Å². The summed E-state index contributed by atoms with van der Waals surface area (Å²) in [5.74, 6) is 0.621. The largest absolute Gasteiger partial charge is 0.387 e. The van der Waals surface area contributed by atoms with E-state index in [1.807, 2.05) is 6.33 Å². The fourth-order valence-corrected chi connectivity index (χ4v) is 2.42. The Bertz CT molecular complexity index is 333. The average molecular weight is 252 g/mol. The first-order valence-corrected chi connectivity index (χ1v) is 7.29. The first-order valence-electron chi connectivity index (χ1n) is 7.29. The van der Waals surface area contributed by atoms with Crippen molar-refractivity contribution in [2.75, 3.05) is 0 Å². The molecule has 1 heterocycles. The van der Waals surface area contributed by atoms with Crippen LogP contribution in [-0.4, -0.2) is 14.7 Å². The van der Waals surface area contributed by atoms with Crippen molar-refractivity contribution in [2.45, 2.75) is 71.9 Å². The predicted molar refractivity (Wildman–Crippen MR) is 75.5 cm³/mol. The van der Waals surface area contributed by atoms with Crippen LogP contribution in [0.2, 0.25) is 0 Å². The van der Waals surface area contributed by atoms with Gasteiger partial charge >= 0.3 is 0 Å². The minimum atomic E-state index is -0.378. The van der Waals surface area contributed by atoms with Crippen molar-refractivity contribution >= 4 is 0 Å². The second-order valence-corrected chi connectivity index (χ2v) is 5.49. The molecule has 0 aromatic carbocycles. The number of imidazole rings is 1. The van der Waals surface area contributed by atoms with Gasteiger partial charge < -0.3 is 9.67 Å². The van der Waals surface area contributed by atoms with E-state index in [4.69, 9.17) is 0 Å². The van der Waals surface area contributed by atoms with Crippen molar-refractivity contribution in [3.05, 3.63) is 18.2 Å². The fourth-order valence-electron chi connectivity index (χ4n) is 2.42. The van der Waals surface area contributed by atoms with E-state index in [0.29, 0.717) is 12.0 Å². The van der Waals surface area contributed by atoms with E-state index < -0.39 is 0 Å². The Morgan fingerprint density at radius 3 is 2.61 bits per heavy atom. The molecule has 3 heteroatoms. The molecular formula is C15H28N2O. The van der Waals surface area contributed by atoms with Crippen molar-refractivity contribution in [3.63, 3.8) is 0 Å². The molecule has 0 amide bonds. The van der Waals surface area contributed by atoms with E-state index >= 15 is 0 Å². The SMILES string of the molecule is CCCCC(CC)CC(O)c1cncn1C(C)C. The summed E-state index contributed by atoms with van der Waals surface area (Å²) in [5, 5.41) is 10.4. The van der Waals surface area contributed by atoms with Gasteiger partial charge in [-0.05, 0) is 26.2 Å². The molecule has 0 saturated heterocycles. The lowest BCUT2D eigenvalue weighted by molar-refractivity contribution is 0.129. The molecule has 0 aliphatic heterocycles. The molecular weight excluding hydrogens is 224 g/mol. The normalized spacial score (nSPS) is 15.0. The zero-order valence-electron chi connectivity index (χ0n) is 12.3. The second kappa shape index (κ2) is 7.57. The number of hydrogen-bond acceptors (Lipinski definition) is 2. The van der Waals surface area contributed by atoms with Gasteiger partial charge in [-0.15, -0.1) is 0 Å². The summed E-state index contributed by atoms with van der Waals surface area (Å²) in [7, 11) is 0. The lowest BCUT2D eigenvalue weighted by Crippen LogP contribution is -2.12. The van der Waals surface area contributed by atoms with Gasteiger partial charge in [0.15, 0.2) is 0 Å². The third kappa shape index (κ3) is 4.13. The van der Waals surface area contributed by atoms with Crippen LogP contribution in [-0.2, 0) is 0 Å². The van der Waals surface area contributed by atoms with Crippen LogP contribution < -0.4 is 0 Å². The van der Waals surface area contributed by atoms with Crippen LogP contribution in [0.3, 0.4) is 0 Å². The number of aliphatic hydroxyl groups excluding tert-OH is 1. The van der Waals surface area contributed by atoms with Gasteiger partial charge in [-0.3, -0.25) is 0 Å². The maximum atomic E-state index is 10.4. The average Bonchev–Trinajstić information content (AvgIpc) is 2.83. The third-order valence-corrected chi connectivity index (χ3v) is 3.69. The Morgan fingerprint density at radius 1 is 1.33 bits per heavy atom. The van der Waals surface area contributed by atoms with Crippen LogP contribution in [0.1, 0.15) is 77.6 Å². The zero-order valence-corrected chi connectivity index (χ0v) is 12.3. The molecule has 1 N–H and O–H groups in total. The van der Waals surface area contributed by atoms with Gasteiger partial charge in [-0.25, -0.2) is 4.98 Å². The Labute approximate surface area is 111 Å². The summed E-state index contributed by atoms with van der Waals surface area (Å²) < 4.78 is 2.07. The van der Waals surface area contributed by atoms with Gasteiger partial charge in [0.05, 0.1) is 24.3 Å². The first-order chi connectivity index (χ1) is 8.60. The Hall–Kier alpha value is -0.830. The maximum Gasteiger partial charge on any atom is 0.0958 e. The minimum absolute atomic E-state index is 0.355. The van der Waals surface area contributed by atoms with E-state index in [1.54, 1.807) is 6.20 Å². The van der Waals surface area contributed by atoms with E-state index in [9.17, 15) is 5.11 Å². The highest BCUT2D eigenvalue weighted by Gasteiger charge is 2.18. The molecule has 18 heavy (non-hydrogen) atoms. The molecule has 0 aliphatic rings. The summed E-state index contributed by atoms with van der Waals surface area (Å²) in [6.45, 7) is 8.67. The monoisotopic (exact) mass is 252 g/mol. The quantitative estimate of drug-likeness (QED) is 0.756. The second-order valence-electron chi connectivity index (χ2n) is 5.49. The minimum Gasteiger partial charge on any atom is -0.387 e. The number of unbranched alkanes of at least 4 members (excludes halogenated alkanes) is 1. The lowest BCUT2D eigenvalue weighted by Gasteiger charge is -2.21. The van der Waals surface area contributed by atoms with Crippen molar-refractivity contribution in [1.82, 2.24) is 9.55 Å². The van der Waals surface area contributed by atoms with E-state index in [0.717, 1.165) is 18.5 Å². The highest BCUT2D eigenvalue weighted by atomic mass is 16.3.